The van der Waals surface area contributed by atoms with Gasteiger partial charge in [0.2, 0.25) is 0 Å². The number of aromatic amines is 2. The largest absolute Gasteiger partial charge is 0.367 e. The van der Waals surface area contributed by atoms with E-state index in [4.69, 9.17) is 11.6 Å². The van der Waals surface area contributed by atoms with Crippen molar-refractivity contribution >= 4 is 22.6 Å². The van der Waals surface area contributed by atoms with E-state index in [1.54, 1.807) is 6.20 Å². The van der Waals surface area contributed by atoms with Gasteiger partial charge in [0, 0.05) is 29.5 Å². The van der Waals surface area contributed by atoms with Gasteiger partial charge in [-0.05, 0) is 49.5 Å². The van der Waals surface area contributed by atoms with Crippen LogP contribution in [0.15, 0.2) is 30.7 Å². The van der Waals surface area contributed by atoms with Gasteiger partial charge in [0.25, 0.3) is 0 Å². The quantitative estimate of drug-likeness (QED) is 0.676. The van der Waals surface area contributed by atoms with Crippen molar-refractivity contribution in [2.45, 2.75) is 18.8 Å². The number of nitrogens with zero attached hydrogens (tertiary/aromatic N) is 1. The lowest BCUT2D eigenvalue weighted by atomic mass is 9.87. The lowest BCUT2D eigenvalue weighted by molar-refractivity contribution is 0.463. The number of hydrogen-bond donors (Lipinski definition) is 3. The molecule has 0 aliphatic carbocycles. The van der Waals surface area contributed by atoms with Gasteiger partial charge >= 0.3 is 0 Å². The maximum absolute atomic E-state index is 6.17. The molecule has 0 bridgehead atoms. The molecule has 3 aromatic rings. The molecule has 21 heavy (non-hydrogen) atoms. The Hall–Kier alpha value is -1.78. The molecule has 1 saturated heterocycles. The van der Waals surface area contributed by atoms with Crippen molar-refractivity contribution < 1.29 is 0 Å². The Morgan fingerprint density at radius 3 is 2.86 bits per heavy atom. The van der Waals surface area contributed by atoms with Crippen LogP contribution in [0.25, 0.3) is 22.3 Å². The standard InChI is InChI=1S/C16H17ClN4/c17-12-7-13-14(10-1-4-18-5-2-10)15(11-3-6-19-8-11)21-16(13)20-9-12/h3,6-10,18-19H,1-2,4-5H2,(H,20,21). The molecule has 5 heteroatoms. The third-order valence-electron chi connectivity index (χ3n) is 4.29. The zero-order valence-electron chi connectivity index (χ0n) is 11.6. The number of aromatic nitrogens is 3. The summed E-state index contributed by atoms with van der Waals surface area (Å²) in [5, 5.41) is 5.28. The lowest BCUT2D eigenvalue weighted by Gasteiger charge is -2.23. The summed E-state index contributed by atoms with van der Waals surface area (Å²) in [6, 6.07) is 4.13. The summed E-state index contributed by atoms with van der Waals surface area (Å²) >= 11 is 6.17. The van der Waals surface area contributed by atoms with E-state index in [1.807, 2.05) is 18.5 Å². The molecule has 4 rings (SSSR count). The molecule has 0 aromatic carbocycles. The second-order valence-corrected chi connectivity index (χ2v) is 6.02. The number of rotatable bonds is 2. The second kappa shape index (κ2) is 5.20. The SMILES string of the molecule is Clc1cnc2[nH]c(-c3cc[nH]c3)c(C3CCNCC3)c2c1. The molecule has 0 spiro atoms. The first-order valence-electron chi connectivity index (χ1n) is 7.34. The van der Waals surface area contributed by atoms with Gasteiger partial charge in [-0.3, -0.25) is 0 Å². The van der Waals surface area contributed by atoms with Crippen LogP contribution >= 0.6 is 11.6 Å². The van der Waals surface area contributed by atoms with E-state index in [-0.39, 0.29) is 0 Å². The molecule has 4 heterocycles. The van der Waals surface area contributed by atoms with Crippen LogP contribution in [0.4, 0.5) is 0 Å². The summed E-state index contributed by atoms with van der Waals surface area (Å²) < 4.78 is 0. The van der Waals surface area contributed by atoms with Gasteiger partial charge in [0.15, 0.2) is 0 Å². The fourth-order valence-corrected chi connectivity index (χ4v) is 3.46. The highest BCUT2D eigenvalue weighted by molar-refractivity contribution is 6.31. The predicted molar refractivity (Wildman–Crippen MR) is 85.7 cm³/mol. The van der Waals surface area contributed by atoms with Crippen LogP contribution in [0, 0.1) is 0 Å². The number of nitrogens with one attached hydrogen (secondary N) is 3. The van der Waals surface area contributed by atoms with Crippen molar-refractivity contribution in [2.24, 2.45) is 0 Å². The molecule has 0 unspecified atom stereocenters. The number of hydrogen-bond acceptors (Lipinski definition) is 2. The predicted octanol–water partition coefficient (Wildman–Crippen LogP) is 3.68. The monoisotopic (exact) mass is 300 g/mol. The fraction of sp³-hybridized carbons (Fsp3) is 0.312. The van der Waals surface area contributed by atoms with Crippen molar-refractivity contribution in [2.75, 3.05) is 13.1 Å². The minimum absolute atomic E-state index is 0.546. The highest BCUT2D eigenvalue weighted by atomic mass is 35.5. The first-order chi connectivity index (χ1) is 10.3. The lowest BCUT2D eigenvalue weighted by Crippen LogP contribution is -2.26. The normalized spacial score (nSPS) is 16.6. The summed E-state index contributed by atoms with van der Waals surface area (Å²) in [5.41, 5.74) is 4.64. The second-order valence-electron chi connectivity index (χ2n) is 5.59. The minimum Gasteiger partial charge on any atom is -0.367 e. The molecule has 1 aliphatic heterocycles. The highest BCUT2D eigenvalue weighted by Crippen LogP contribution is 2.39. The zero-order chi connectivity index (χ0) is 14.2. The Balaban J connectivity index is 1.94. The van der Waals surface area contributed by atoms with Crippen LogP contribution in [-0.4, -0.2) is 28.0 Å². The van der Waals surface area contributed by atoms with Gasteiger partial charge in [0.1, 0.15) is 5.65 Å². The molecule has 0 amide bonds. The van der Waals surface area contributed by atoms with Crippen LogP contribution in [0.5, 0.6) is 0 Å². The Morgan fingerprint density at radius 2 is 2.10 bits per heavy atom. The molecule has 3 aromatic heterocycles. The van der Waals surface area contributed by atoms with E-state index in [1.165, 1.54) is 16.8 Å². The molecule has 1 aliphatic rings. The summed E-state index contributed by atoms with van der Waals surface area (Å²) in [7, 11) is 0. The van der Waals surface area contributed by atoms with Gasteiger partial charge in [-0.25, -0.2) is 4.98 Å². The van der Waals surface area contributed by atoms with E-state index in [9.17, 15) is 0 Å². The topological polar surface area (TPSA) is 56.5 Å². The average Bonchev–Trinajstić information content (AvgIpc) is 3.14. The van der Waals surface area contributed by atoms with Crippen molar-refractivity contribution in [3.63, 3.8) is 0 Å². The van der Waals surface area contributed by atoms with Crippen molar-refractivity contribution in [3.8, 4) is 11.3 Å². The van der Waals surface area contributed by atoms with E-state index in [0.717, 1.165) is 37.0 Å². The number of pyridine rings is 1. The van der Waals surface area contributed by atoms with Gasteiger partial charge in [-0.1, -0.05) is 11.6 Å². The zero-order valence-corrected chi connectivity index (χ0v) is 12.4. The van der Waals surface area contributed by atoms with E-state index >= 15 is 0 Å². The van der Waals surface area contributed by atoms with Crippen LogP contribution in [0.2, 0.25) is 5.02 Å². The molecule has 0 atom stereocenters. The molecule has 3 N–H and O–H groups in total. The summed E-state index contributed by atoms with van der Waals surface area (Å²) in [4.78, 5) is 11.1. The Morgan fingerprint density at radius 1 is 1.24 bits per heavy atom. The average molecular weight is 301 g/mol. The molecular weight excluding hydrogens is 284 g/mol. The Bertz CT molecular complexity index is 754. The third kappa shape index (κ3) is 2.24. The van der Waals surface area contributed by atoms with Crippen LogP contribution in [0.1, 0.15) is 24.3 Å². The van der Waals surface area contributed by atoms with Gasteiger partial charge in [-0.2, -0.15) is 0 Å². The highest BCUT2D eigenvalue weighted by Gasteiger charge is 2.24. The van der Waals surface area contributed by atoms with Gasteiger partial charge in [-0.15, -0.1) is 0 Å². The minimum atomic E-state index is 0.546. The smallest absolute Gasteiger partial charge is 0.138 e. The van der Waals surface area contributed by atoms with E-state index < -0.39 is 0 Å². The van der Waals surface area contributed by atoms with Crippen LogP contribution < -0.4 is 5.32 Å². The van der Waals surface area contributed by atoms with Gasteiger partial charge in [0.05, 0.1) is 10.7 Å². The molecule has 108 valence electrons. The Labute approximate surface area is 127 Å². The first kappa shape index (κ1) is 12.9. The fourth-order valence-electron chi connectivity index (χ4n) is 3.31. The summed E-state index contributed by atoms with van der Waals surface area (Å²) in [5.74, 6) is 0.546. The molecule has 0 saturated carbocycles. The number of piperidine rings is 1. The molecule has 1 fully saturated rings. The maximum atomic E-state index is 6.17. The van der Waals surface area contributed by atoms with Crippen LogP contribution in [-0.2, 0) is 0 Å². The number of H-pyrrole nitrogens is 2. The van der Waals surface area contributed by atoms with Crippen molar-refractivity contribution in [3.05, 3.63) is 41.3 Å². The van der Waals surface area contributed by atoms with Crippen molar-refractivity contribution in [1.29, 1.82) is 0 Å². The molecular formula is C16H17ClN4. The van der Waals surface area contributed by atoms with Crippen molar-refractivity contribution in [1.82, 2.24) is 20.3 Å². The van der Waals surface area contributed by atoms with E-state index in [2.05, 4.69) is 26.3 Å². The summed E-state index contributed by atoms with van der Waals surface area (Å²) in [6.07, 6.45) is 7.98. The van der Waals surface area contributed by atoms with Gasteiger partial charge < -0.3 is 15.3 Å². The third-order valence-corrected chi connectivity index (χ3v) is 4.50. The molecule has 0 radical (unpaired) electrons. The Kier molecular flexibility index (Phi) is 3.20. The number of fused-ring (bicyclic) bond motifs is 1. The maximum Gasteiger partial charge on any atom is 0.138 e. The number of halogens is 1. The van der Waals surface area contributed by atoms with E-state index in [0.29, 0.717) is 10.9 Å². The first-order valence-corrected chi connectivity index (χ1v) is 7.72. The molecule has 4 nitrogen and oxygen atoms in total. The summed E-state index contributed by atoms with van der Waals surface area (Å²) in [6.45, 7) is 2.13. The van der Waals surface area contributed by atoms with Crippen LogP contribution in [0.3, 0.4) is 0 Å².